The molecular formula is C24H17BrFN3O. The van der Waals surface area contributed by atoms with Crippen molar-refractivity contribution in [1.29, 1.82) is 0 Å². The Morgan fingerprint density at radius 3 is 2.50 bits per heavy atom. The number of aromatic nitrogens is 1. The summed E-state index contributed by atoms with van der Waals surface area (Å²) < 4.78 is 14.2. The van der Waals surface area contributed by atoms with Crippen LogP contribution in [0.15, 0.2) is 87.2 Å². The molecule has 0 amide bonds. The van der Waals surface area contributed by atoms with Crippen LogP contribution in [0.25, 0.3) is 22.0 Å². The van der Waals surface area contributed by atoms with Crippen molar-refractivity contribution in [2.75, 3.05) is 0 Å². The zero-order valence-corrected chi connectivity index (χ0v) is 17.4. The summed E-state index contributed by atoms with van der Waals surface area (Å²) in [6, 6.07) is 21.9. The van der Waals surface area contributed by atoms with E-state index in [0.29, 0.717) is 17.7 Å². The Kier molecular flexibility index (Phi) is 4.71. The lowest BCUT2D eigenvalue weighted by Gasteiger charge is -2.14. The second-order valence-electron chi connectivity index (χ2n) is 7.26. The van der Waals surface area contributed by atoms with Crippen molar-refractivity contribution >= 4 is 32.5 Å². The lowest BCUT2D eigenvalue weighted by atomic mass is 9.91. The Labute approximate surface area is 180 Å². The number of halogens is 2. The molecule has 1 aromatic heterocycles. The summed E-state index contributed by atoms with van der Waals surface area (Å²) in [5, 5.41) is 5.45. The second kappa shape index (κ2) is 7.54. The van der Waals surface area contributed by atoms with E-state index in [-0.39, 0.29) is 17.4 Å². The fourth-order valence-electron chi connectivity index (χ4n) is 3.93. The van der Waals surface area contributed by atoms with Crippen molar-refractivity contribution in [3.8, 4) is 11.1 Å². The van der Waals surface area contributed by atoms with Crippen LogP contribution in [0.1, 0.15) is 23.6 Å². The van der Waals surface area contributed by atoms with Crippen LogP contribution in [0.3, 0.4) is 0 Å². The van der Waals surface area contributed by atoms with Crippen molar-refractivity contribution < 1.29 is 4.39 Å². The average molecular weight is 462 g/mol. The van der Waals surface area contributed by atoms with Gasteiger partial charge in [0.1, 0.15) is 5.82 Å². The number of hydrogen-bond acceptors (Lipinski definition) is 3. The zero-order chi connectivity index (χ0) is 20.7. The molecule has 3 aromatic carbocycles. The van der Waals surface area contributed by atoms with Crippen LogP contribution in [0.4, 0.5) is 4.39 Å². The topological polar surface area (TPSA) is 57.2 Å². The molecule has 1 atom stereocenters. The van der Waals surface area contributed by atoms with Gasteiger partial charge in [-0.1, -0.05) is 58.4 Å². The summed E-state index contributed by atoms with van der Waals surface area (Å²) in [5.41, 5.74) is 7.69. The quantitative estimate of drug-likeness (QED) is 0.421. The number of hydrazone groups is 1. The fourth-order valence-corrected chi connectivity index (χ4v) is 4.29. The van der Waals surface area contributed by atoms with E-state index < -0.39 is 0 Å². The maximum absolute atomic E-state index is 13.3. The summed E-state index contributed by atoms with van der Waals surface area (Å²) in [5.74, 6) is -0.277. The summed E-state index contributed by atoms with van der Waals surface area (Å²) in [7, 11) is 0. The van der Waals surface area contributed by atoms with Crippen LogP contribution >= 0.6 is 15.9 Å². The number of benzene rings is 3. The smallest absolute Gasteiger partial charge is 0.258 e. The molecule has 6 heteroatoms. The van der Waals surface area contributed by atoms with Crippen molar-refractivity contribution in [3.05, 3.63) is 105 Å². The minimum Gasteiger partial charge on any atom is -0.321 e. The van der Waals surface area contributed by atoms with Crippen LogP contribution in [-0.4, -0.2) is 10.7 Å². The molecule has 5 rings (SSSR count). The first-order chi connectivity index (χ1) is 14.6. The molecule has 1 aliphatic rings. The van der Waals surface area contributed by atoms with Gasteiger partial charge in [-0.2, -0.15) is 5.10 Å². The van der Waals surface area contributed by atoms with Gasteiger partial charge >= 0.3 is 0 Å². The number of nitrogens with one attached hydrogen (secondary N) is 2. The van der Waals surface area contributed by atoms with Gasteiger partial charge in [-0.25, -0.2) is 4.39 Å². The molecule has 0 aliphatic carbocycles. The van der Waals surface area contributed by atoms with Crippen molar-refractivity contribution in [1.82, 2.24) is 10.4 Å². The molecule has 0 bridgehead atoms. The van der Waals surface area contributed by atoms with E-state index >= 15 is 0 Å². The van der Waals surface area contributed by atoms with Crippen molar-refractivity contribution in [2.45, 2.75) is 12.5 Å². The van der Waals surface area contributed by atoms with Crippen LogP contribution < -0.4 is 11.0 Å². The third-order valence-corrected chi connectivity index (χ3v) is 5.85. The van der Waals surface area contributed by atoms with Gasteiger partial charge in [-0.05, 0) is 41.5 Å². The van der Waals surface area contributed by atoms with E-state index in [9.17, 15) is 9.18 Å². The third kappa shape index (κ3) is 3.33. The number of rotatable bonds is 3. The predicted octanol–water partition coefficient (Wildman–Crippen LogP) is 5.54. The minimum absolute atomic E-state index is 0.109. The highest BCUT2D eigenvalue weighted by atomic mass is 79.9. The fraction of sp³-hybridized carbons (Fsp3) is 0.0833. The molecule has 1 aliphatic heterocycles. The van der Waals surface area contributed by atoms with E-state index in [1.807, 2.05) is 48.5 Å². The van der Waals surface area contributed by atoms with Gasteiger partial charge in [0.05, 0.1) is 17.3 Å². The SMILES string of the molecule is O=c1[nH]c2ccc(Br)cc2c(-c2ccccc2)c1C1=NN[C@@H](c2ccc(F)cc2)C1. The van der Waals surface area contributed by atoms with E-state index in [0.717, 1.165) is 32.1 Å². The van der Waals surface area contributed by atoms with Crippen LogP contribution in [0, 0.1) is 5.82 Å². The highest BCUT2D eigenvalue weighted by molar-refractivity contribution is 9.10. The van der Waals surface area contributed by atoms with E-state index in [1.54, 1.807) is 12.1 Å². The lowest BCUT2D eigenvalue weighted by Crippen LogP contribution is -2.20. The van der Waals surface area contributed by atoms with E-state index in [4.69, 9.17) is 0 Å². The minimum atomic E-state index is -0.277. The van der Waals surface area contributed by atoms with Crippen LogP contribution in [0.2, 0.25) is 0 Å². The van der Waals surface area contributed by atoms with Gasteiger partial charge in [0.15, 0.2) is 0 Å². The Morgan fingerprint density at radius 1 is 0.967 bits per heavy atom. The first-order valence-corrected chi connectivity index (χ1v) is 10.4. The average Bonchev–Trinajstić information content (AvgIpc) is 3.24. The lowest BCUT2D eigenvalue weighted by molar-refractivity contribution is 0.607. The molecule has 4 aromatic rings. The predicted molar refractivity (Wildman–Crippen MR) is 121 cm³/mol. The summed E-state index contributed by atoms with van der Waals surface area (Å²) in [6.45, 7) is 0. The maximum Gasteiger partial charge on any atom is 0.258 e. The first kappa shape index (κ1) is 18.8. The molecular weight excluding hydrogens is 445 g/mol. The Morgan fingerprint density at radius 2 is 1.73 bits per heavy atom. The molecule has 0 radical (unpaired) electrons. The molecule has 2 N–H and O–H groups in total. The summed E-state index contributed by atoms with van der Waals surface area (Å²) in [4.78, 5) is 16.2. The van der Waals surface area contributed by atoms with Crippen molar-refractivity contribution in [3.63, 3.8) is 0 Å². The summed E-state index contributed by atoms with van der Waals surface area (Å²) in [6.07, 6.45) is 0.536. The second-order valence-corrected chi connectivity index (χ2v) is 8.17. The number of hydrogen-bond donors (Lipinski definition) is 2. The Hall–Kier alpha value is -3.25. The number of H-pyrrole nitrogens is 1. The number of aromatic amines is 1. The van der Waals surface area contributed by atoms with Gasteiger partial charge in [0, 0.05) is 27.4 Å². The Bertz CT molecular complexity index is 1330. The van der Waals surface area contributed by atoms with Crippen molar-refractivity contribution in [2.24, 2.45) is 5.10 Å². The van der Waals surface area contributed by atoms with Gasteiger partial charge in [-0.3, -0.25) is 4.79 Å². The van der Waals surface area contributed by atoms with Gasteiger partial charge in [0.25, 0.3) is 5.56 Å². The first-order valence-electron chi connectivity index (χ1n) is 9.59. The highest BCUT2D eigenvalue weighted by Crippen LogP contribution is 2.34. The van der Waals surface area contributed by atoms with Gasteiger partial charge < -0.3 is 10.4 Å². The zero-order valence-electron chi connectivity index (χ0n) is 15.8. The van der Waals surface area contributed by atoms with Gasteiger partial charge in [-0.15, -0.1) is 0 Å². The third-order valence-electron chi connectivity index (χ3n) is 5.35. The Balaban J connectivity index is 1.67. The molecule has 148 valence electrons. The van der Waals surface area contributed by atoms with Crippen LogP contribution in [0.5, 0.6) is 0 Å². The molecule has 0 fully saturated rings. The van der Waals surface area contributed by atoms with E-state index in [1.165, 1.54) is 12.1 Å². The van der Waals surface area contributed by atoms with E-state index in [2.05, 4.69) is 31.4 Å². The number of pyridine rings is 1. The van der Waals surface area contributed by atoms with Crippen LogP contribution in [-0.2, 0) is 0 Å². The molecule has 4 nitrogen and oxygen atoms in total. The normalized spacial score (nSPS) is 15.8. The van der Waals surface area contributed by atoms with Gasteiger partial charge in [0.2, 0.25) is 0 Å². The molecule has 0 spiro atoms. The molecule has 0 unspecified atom stereocenters. The molecule has 30 heavy (non-hydrogen) atoms. The maximum atomic E-state index is 13.3. The number of nitrogens with zero attached hydrogens (tertiary/aromatic N) is 1. The largest absolute Gasteiger partial charge is 0.321 e. The highest BCUT2D eigenvalue weighted by Gasteiger charge is 2.26. The monoisotopic (exact) mass is 461 g/mol. The summed E-state index contributed by atoms with van der Waals surface area (Å²) >= 11 is 3.55. The molecule has 2 heterocycles. The number of fused-ring (bicyclic) bond motifs is 1. The standard InChI is InChI=1S/C24H17BrFN3O/c25-16-8-11-19-18(12-16)22(15-4-2-1-3-5-15)23(24(30)27-19)21-13-20(28-29-21)14-6-9-17(26)10-7-14/h1-12,20,28H,13H2,(H,27,30)/t20-/m1/s1. The molecule has 0 saturated heterocycles. The molecule has 0 saturated carbocycles.